The molecule has 0 bridgehead atoms. The second-order valence-electron chi connectivity index (χ2n) is 5.29. The lowest BCUT2D eigenvalue weighted by Gasteiger charge is -2.19. The van der Waals surface area contributed by atoms with Crippen LogP contribution in [0, 0.1) is 11.6 Å². The smallest absolute Gasteiger partial charge is 0.315 e. The van der Waals surface area contributed by atoms with E-state index >= 15 is 0 Å². The van der Waals surface area contributed by atoms with Crippen molar-refractivity contribution in [2.45, 2.75) is 32.4 Å². The van der Waals surface area contributed by atoms with Crippen LogP contribution in [0.1, 0.15) is 37.2 Å². The summed E-state index contributed by atoms with van der Waals surface area (Å²) in [5.41, 5.74) is 0.278. The summed E-state index contributed by atoms with van der Waals surface area (Å²) in [4.78, 5) is 16.1. The summed E-state index contributed by atoms with van der Waals surface area (Å²) in [6, 6.07) is 2.45. The molecule has 2 rings (SSSR count). The summed E-state index contributed by atoms with van der Waals surface area (Å²) in [6.45, 7) is 2.20. The summed E-state index contributed by atoms with van der Waals surface area (Å²) >= 11 is 0. The van der Waals surface area contributed by atoms with E-state index in [9.17, 15) is 13.6 Å². The van der Waals surface area contributed by atoms with Crippen LogP contribution in [0.3, 0.4) is 0 Å². The van der Waals surface area contributed by atoms with Gasteiger partial charge in [-0.3, -0.25) is 0 Å². The second-order valence-corrected chi connectivity index (χ2v) is 5.29. The van der Waals surface area contributed by atoms with Crippen LogP contribution in [0.4, 0.5) is 13.6 Å². The number of aromatic nitrogens is 2. The number of benzene rings is 1. The summed E-state index contributed by atoms with van der Waals surface area (Å²) in [5.74, 6) is -0.589. The minimum absolute atomic E-state index is 0.264. The molecule has 0 aliphatic rings. The third-order valence-corrected chi connectivity index (χ3v) is 3.55. The zero-order chi connectivity index (χ0) is 16.8. The Labute approximate surface area is 133 Å². The van der Waals surface area contributed by atoms with E-state index in [-0.39, 0.29) is 12.1 Å². The minimum Gasteiger partial charge on any atom is -0.337 e. The molecule has 0 spiro atoms. The van der Waals surface area contributed by atoms with Gasteiger partial charge in [-0.15, -0.1) is 0 Å². The lowest BCUT2D eigenvalue weighted by Crippen LogP contribution is -2.38. The number of carbonyl (C=O) groups is 1. The Bertz CT molecular complexity index is 672. The van der Waals surface area contributed by atoms with Crippen LogP contribution in [0.5, 0.6) is 0 Å². The van der Waals surface area contributed by atoms with Crippen molar-refractivity contribution in [3.63, 3.8) is 0 Å². The van der Waals surface area contributed by atoms with Crippen LogP contribution >= 0.6 is 0 Å². The molecule has 23 heavy (non-hydrogen) atoms. The number of nitrogens with zero attached hydrogens (tertiary/aromatic N) is 2. The first kappa shape index (κ1) is 16.9. The highest BCUT2D eigenvalue weighted by atomic mass is 19.1. The van der Waals surface area contributed by atoms with E-state index in [4.69, 9.17) is 0 Å². The SMILES string of the molecule is CCCC(NC(=O)NCc1nccn1C)c1ccc(F)cc1F. The predicted molar refractivity (Wildman–Crippen MR) is 82.6 cm³/mol. The van der Waals surface area contributed by atoms with Gasteiger partial charge in [-0.1, -0.05) is 19.4 Å². The van der Waals surface area contributed by atoms with E-state index < -0.39 is 23.7 Å². The predicted octanol–water partition coefficient (Wildman–Crippen LogP) is 3.04. The van der Waals surface area contributed by atoms with Crippen LogP contribution in [0.2, 0.25) is 0 Å². The number of imidazole rings is 1. The summed E-state index contributed by atoms with van der Waals surface area (Å²) in [6.07, 6.45) is 4.73. The normalized spacial score (nSPS) is 12.0. The molecular weight excluding hydrogens is 302 g/mol. The Balaban J connectivity index is 2.01. The highest BCUT2D eigenvalue weighted by Crippen LogP contribution is 2.22. The van der Waals surface area contributed by atoms with Gasteiger partial charge in [-0.05, 0) is 12.5 Å². The van der Waals surface area contributed by atoms with E-state index in [1.807, 2.05) is 14.0 Å². The van der Waals surface area contributed by atoms with Crippen molar-refractivity contribution in [3.05, 3.63) is 53.6 Å². The number of rotatable bonds is 6. The Morgan fingerprint density at radius 3 is 2.78 bits per heavy atom. The van der Waals surface area contributed by atoms with Crippen LogP contribution in [0.25, 0.3) is 0 Å². The Kier molecular flexibility index (Phi) is 5.67. The van der Waals surface area contributed by atoms with Gasteiger partial charge in [0.05, 0.1) is 12.6 Å². The number of carbonyl (C=O) groups excluding carboxylic acids is 1. The van der Waals surface area contributed by atoms with Gasteiger partial charge < -0.3 is 15.2 Å². The van der Waals surface area contributed by atoms with Gasteiger partial charge in [0.1, 0.15) is 17.5 Å². The van der Waals surface area contributed by atoms with E-state index in [1.54, 1.807) is 17.0 Å². The van der Waals surface area contributed by atoms with Crippen molar-refractivity contribution in [3.8, 4) is 0 Å². The molecule has 1 aromatic carbocycles. The fraction of sp³-hybridized carbons (Fsp3) is 0.375. The number of halogens is 2. The molecule has 7 heteroatoms. The molecule has 0 fully saturated rings. The molecule has 124 valence electrons. The first-order chi connectivity index (χ1) is 11.0. The number of aryl methyl sites for hydroxylation is 1. The fourth-order valence-electron chi connectivity index (χ4n) is 2.31. The second kappa shape index (κ2) is 7.71. The first-order valence-corrected chi connectivity index (χ1v) is 7.46. The van der Waals surface area contributed by atoms with Gasteiger partial charge in [0.15, 0.2) is 0 Å². The molecule has 0 aliphatic heterocycles. The third-order valence-electron chi connectivity index (χ3n) is 3.55. The molecule has 1 aromatic heterocycles. The van der Waals surface area contributed by atoms with Gasteiger partial charge in [0, 0.05) is 31.1 Å². The standard InChI is InChI=1S/C16H20F2N4O/c1-3-4-14(12-6-5-11(17)9-13(12)18)21-16(23)20-10-15-19-7-8-22(15)2/h5-9,14H,3-4,10H2,1-2H3,(H2,20,21,23). The van der Waals surface area contributed by atoms with Crippen molar-refractivity contribution in [2.75, 3.05) is 0 Å². The van der Waals surface area contributed by atoms with Crippen LogP contribution in [-0.4, -0.2) is 15.6 Å². The highest BCUT2D eigenvalue weighted by Gasteiger charge is 2.18. The molecule has 2 N–H and O–H groups in total. The average Bonchev–Trinajstić information content (AvgIpc) is 2.90. The van der Waals surface area contributed by atoms with Crippen LogP contribution < -0.4 is 10.6 Å². The topological polar surface area (TPSA) is 59.0 Å². The molecular formula is C16H20F2N4O. The van der Waals surface area contributed by atoms with Crippen molar-refractivity contribution in [2.24, 2.45) is 7.05 Å². The Hall–Kier alpha value is -2.44. The average molecular weight is 322 g/mol. The van der Waals surface area contributed by atoms with Gasteiger partial charge >= 0.3 is 6.03 Å². The molecule has 0 saturated carbocycles. The molecule has 0 saturated heterocycles. The number of nitrogens with one attached hydrogen (secondary N) is 2. The van der Waals surface area contributed by atoms with Crippen molar-refractivity contribution < 1.29 is 13.6 Å². The molecule has 0 radical (unpaired) electrons. The molecule has 0 aliphatic carbocycles. The minimum atomic E-state index is -0.659. The molecule has 2 amide bonds. The summed E-state index contributed by atoms with van der Waals surface area (Å²) in [7, 11) is 1.83. The van der Waals surface area contributed by atoms with Crippen molar-refractivity contribution >= 4 is 6.03 Å². The maximum absolute atomic E-state index is 13.9. The van der Waals surface area contributed by atoms with E-state index in [2.05, 4.69) is 15.6 Å². The lowest BCUT2D eigenvalue weighted by atomic mass is 10.0. The summed E-state index contributed by atoms with van der Waals surface area (Å²) < 4.78 is 28.7. The van der Waals surface area contributed by atoms with Gasteiger partial charge in [0.2, 0.25) is 0 Å². The van der Waals surface area contributed by atoms with Gasteiger partial charge in [0.25, 0.3) is 0 Å². The van der Waals surface area contributed by atoms with Crippen LogP contribution in [-0.2, 0) is 13.6 Å². The van der Waals surface area contributed by atoms with Crippen LogP contribution in [0.15, 0.2) is 30.6 Å². The maximum Gasteiger partial charge on any atom is 0.315 e. The van der Waals surface area contributed by atoms with Gasteiger partial charge in [-0.2, -0.15) is 0 Å². The van der Waals surface area contributed by atoms with E-state index in [1.165, 1.54) is 12.1 Å². The quantitative estimate of drug-likeness (QED) is 0.859. The molecule has 2 aromatic rings. The molecule has 1 heterocycles. The largest absolute Gasteiger partial charge is 0.337 e. The molecule has 1 atom stereocenters. The first-order valence-electron chi connectivity index (χ1n) is 7.46. The molecule has 5 nitrogen and oxygen atoms in total. The van der Waals surface area contributed by atoms with Crippen molar-refractivity contribution in [1.82, 2.24) is 20.2 Å². The number of urea groups is 1. The third kappa shape index (κ3) is 4.51. The highest BCUT2D eigenvalue weighted by molar-refractivity contribution is 5.74. The zero-order valence-electron chi connectivity index (χ0n) is 13.1. The Morgan fingerprint density at radius 1 is 1.39 bits per heavy atom. The number of hydrogen-bond acceptors (Lipinski definition) is 2. The van der Waals surface area contributed by atoms with Crippen molar-refractivity contribution in [1.29, 1.82) is 0 Å². The summed E-state index contributed by atoms with van der Waals surface area (Å²) in [5, 5.41) is 5.41. The van der Waals surface area contributed by atoms with E-state index in [0.29, 0.717) is 12.2 Å². The number of hydrogen-bond donors (Lipinski definition) is 2. The Morgan fingerprint density at radius 2 is 2.17 bits per heavy atom. The van der Waals surface area contributed by atoms with E-state index in [0.717, 1.165) is 12.5 Å². The number of amides is 2. The fourth-order valence-corrected chi connectivity index (χ4v) is 2.31. The zero-order valence-corrected chi connectivity index (χ0v) is 13.1. The maximum atomic E-state index is 13.9. The monoisotopic (exact) mass is 322 g/mol. The van der Waals surface area contributed by atoms with Gasteiger partial charge in [-0.25, -0.2) is 18.6 Å². The lowest BCUT2D eigenvalue weighted by molar-refractivity contribution is 0.235. The molecule has 1 unspecified atom stereocenters.